The fourth-order valence-corrected chi connectivity index (χ4v) is 4.44. The zero-order valence-electron chi connectivity index (χ0n) is 20.7. The van der Waals surface area contributed by atoms with Crippen molar-refractivity contribution in [2.75, 3.05) is 58.2 Å². The van der Waals surface area contributed by atoms with E-state index >= 15 is 0 Å². The number of amides is 1. The second-order valence-electron chi connectivity index (χ2n) is 8.72. The van der Waals surface area contributed by atoms with Gasteiger partial charge in [0, 0.05) is 11.8 Å². The molecule has 0 aromatic heterocycles. The summed E-state index contributed by atoms with van der Waals surface area (Å²) in [5, 5.41) is 7.55. The van der Waals surface area contributed by atoms with Crippen molar-refractivity contribution in [3.8, 4) is 11.5 Å². The van der Waals surface area contributed by atoms with Crippen molar-refractivity contribution in [2.45, 2.75) is 6.42 Å². The predicted molar refractivity (Wildman–Crippen MR) is 144 cm³/mol. The smallest absolute Gasteiger partial charge is 0.228 e. The molecule has 7 heteroatoms. The summed E-state index contributed by atoms with van der Waals surface area (Å²) in [5.74, 6) is 1.03. The molecular weight excluding hydrogens is 470 g/mol. The molecule has 0 saturated heterocycles. The van der Waals surface area contributed by atoms with E-state index in [0.717, 1.165) is 21.7 Å². The quantitative estimate of drug-likeness (QED) is 0.399. The first-order chi connectivity index (χ1) is 18.3. The molecular formula is C30H31NO6. The van der Waals surface area contributed by atoms with E-state index in [1.807, 2.05) is 30.3 Å². The molecule has 0 atom stereocenters. The van der Waals surface area contributed by atoms with Crippen molar-refractivity contribution in [3.05, 3.63) is 78.4 Å². The van der Waals surface area contributed by atoms with Gasteiger partial charge in [-0.2, -0.15) is 0 Å². The molecule has 4 aromatic carbocycles. The van der Waals surface area contributed by atoms with Crippen LogP contribution in [0.25, 0.3) is 21.5 Å². The second-order valence-corrected chi connectivity index (χ2v) is 8.72. The Bertz CT molecular complexity index is 1350. The molecule has 1 aliphatic heterocycles. The van der Waals surface area contributed by atoms with Gasteiger partial charge in [-0.3, -0.25) is 4.79 Å². The Labute approximate surface area is 216 Å². The van der Waals surface area contributed by atoms with Gasteiger partial charge in [-0.15, -0.1) is 0 Å². The summed E-state index contributed by atoms with van der Waals surface area (Å²) in [7, 11) is 0. The van der Waals surface area contributed by atoms with Gasteiger partial charge in [0.2, 0.25) is 5.91 Å². The Morgan fingerprint density at radius 2 is 1.22 bits per heavy atom. The van der Waals surface area contributed by atoms with Crippen molar-refractivity contribution >= 4 is 33.1 Å². The summed E-state index contributed by atoms with van der Waals surface area (Å²) >= 11 is 0. The highest BCUT2D eigenvalue weighted by atomic mass is 16.6. The molecule has 0 aliphatic carbocycles. The Morgan fingerprint density at radius 1 is 0.622 bits per heavy atom. The largest absolute Gasteiger partial charge is 0.487 e. The molecule has 0 spiro atoms. The van der Waals surface area contributed by atoms with Gasteiger partial charge in [-0.1, -0.05) is 48.5 Å². The zero-order valence-corrected chi connectivity index (χ0v) is 20.7. The van der Waals surface area contributed by atoms with E-state index in [1.54, 1.807) is 12.1 Å². The number of hydrogen-bond acceptors (Lipinski definition) is 6. The number of benzene rings is 4. The van der Waals surface area contributed by atoms with Gasteiger partial charge in [0.25, 0.3) is 0 Å². The third kappa shape index (κ3) is 6.57. The minimum Gasteiger partial charge on any atom is -0.487 e. The standard InChI is InChI=1S/C30H31NO6/c32-30(20-23-19-22-5-1-2-6-25(22)27-8-4-3-7-26(23)27)31-24-9-10-28-29(21-24)37-18-16-35-14-12-33-11-13-34-15-17-36-28/h1-10,19,21H,11-18,20H2,(H,31,32). The number of nitrogens with one attached hydrogen (secondary N) is 1. The van der Waals surface area contributed by atoms with Gasteiger partial charge in [0.05, 0.1) is 46.1 Å². The SMILES string of the molecule is O=C(Cc1cc2ccccc2c2ccccc12)Nc1ccc2c(c1)OCCOCCOCCOCCO2. The molecule has 5 rings (SSSR count). The van der Waals surface area contributed by atoms with Crippen LogP contribution in [0.5, 0.6) is 11.5 Å². The maximum atomic E-state index is 13.1. The normalized spacial score (nSPS) is 15.6. The van der Waals surface area contributed by atoms with Crippen LogP contribution in [0.3, 0.4) is 0 Å². The van der Waals surface area contributed by atoms with Crippen LogP contribution in [-0.2, 0) is 25.4 Å². The van der Waals surface area contributed by atoms with Gasteiger partial charge in [-0.05, 0) is 45.3 Å². The number of fused-ring (bicyclic) bond motifs is 4. The van der Waals surface area contributed by atoms with Crippen LogP contribution in [0, 0.1) is 0 Å². The molecule has 7 nitrogen and oxygen atoms in total. The monoisotopic (exact) mass is 501 g/mol. The number of carbonyl (C=O) groups is 1. The fraction of sp³-hybridized carbons (Fsp3) is 0.300. The lowest BCUT2D eigenvalue weighted by Crippen LogP contribution is -2.15. The van der Waals surface area contributed by atoms with Crippen molar-refractivity contribution in [3.63, 3.8) is 0 Å². The van der Waals surface area contributed by atoms with E-state index in [2.05, 4.69) is 35.6 Å². The number of carbonyl (C=O) groups excluding carboxylic acids is 1. The molecule has 1 aliphatic rings. The average molecular weight is 502 g/mol. The maximum Gasteiger partial charge on any atom is 0.228 e. The van der Waals surface area contributed by atoms with Crippen LogP contribution >= 0.6 is 0 Å². The lowest BCUT2D eigenvalue weighted by molar-refractivity contribution is -0.115. The number of hydrogen-bond donors (Lipinski definition) is 1. The Morgan fingerprint density at radius 3 is 1.95 bits per heavy atom. The first kappa shape index (κ1) is 25.0. The third-order valence-corrected chi connectivity index (χ3v) is 6.15. The molecule has 192 valence electrons. The number of rotatable bonds is 3. The first-order valence-electron chi connectivity index (χ1n) is 12.6. The van der Waals surface area contributed by atoms with E-state index in [9.17, 15) is 4.79 Å². The molecule has 1 heterocycles. The van der Waals surface area contributed by atoms with Gasteiger partial charge < -0.3 is 29.0 Å². The minimum atomic E-state index is -0.102. The van der Waals surface area contributed by atoms with Crippen LogP contribution in [0.15, 0.2) is 72.8 Å². The molecule has 0 radical (unpaired) electrons. The minimum absolute atomic E-state index is 0.102. The van der Waals surface area contributed by atoms with Gasteiger partial charge in [0.1, 0.15) is 13.2 Å². The van der Waals surface area contributed by atoms with Gasteiger partial charge in [0.15, 0.2) is 11.5 Å². The first-order valence-corrected chi connectivity index (χ1v) is 12.6. The van der Waals surface area contributed by atoms with Crippen molar-refractivity contribution in [2.24, 2.45) is 0 Å². The van der Waals surface area contributed by atoms with E-state index in [-0.39, 0.29) is 12.3 Å². The molecule has 0 saturated carbocycles. The van der Waals surface area contributed by atoms with Crippen LogP contribution in [0.1, 0.15) is 5.56 Å². The molecule has 1 N–H and O–H groups in total. The summed E-state index contributed by atoms with van der Waals surface area (Å²) in [6, 6.07) is 24.0. The fourth-order valence-electron chi connectivity index (χ4n) is 4.44. The summed E-state index contributed by atoms with van der Waals surface area (Å²) in [5.41, 5.74) is 1.63. The van der Waals surface area contributed by atoms with Crippen molar-refractivity contribution in [1.82, 2.24) is 0 Å². The van der Waals surface area contributed by atoms with Gasteiger partial charge in [-0.25, -0.2) is 0 Å². The van der Waals surface area contributed by atoms with Crippen molar-refractivity contribution in [1.29, 1.82) is 0 Å². The summed E-state index contributed by atoms with van der Waals surface area (Å²) in [6.45, 7) is 3.63. The second kappa shape index (κ2) is 12.5. The van der Waals surface area contributed by atoms with Crippen LogP contribution in [-0.4, -0.2) is 58.8 Å². The lowest BCUT2D eigenvalue weighted by Gasteiger charge is -2.15. The zero-order chi connectivity index (χ0) is 25.3. The molecule has 1 amide bonds. The predicted octanol–water partition coefficient (Wildman–Crippen LogP) is 5.00. The topological polar surface area (TPSA) is 75.3 Å². The van der Waals surface area contributed by atoms with Crippen LogP contribution in [0.2, 0.25) is 0 Å². The Balaban J connectivity index is 1.31. The van der Waals surface area contributed by atoms with E-state index in [4.69, 9.17) is 23.7 Å². The summed E-state index contributed by atoms with van der Waals surface area (Å²) in [4.78, 5) is 13.1. The number of anilines is 1. The molecule has 0 unspecified atom stereocenters. The molecule has 0 fully saturated rings. The van der Waals surface area contributed by atoms with Crippen LogP contribution < -0.4 is 14.8 Å². The highest BCUT2D eigenvalue weighted by Gasteiger charge is 2.13. The Hall–Kier alpha value is -3.65. The highest BCUT2D eigenvalue weighted by Crippen LogP contribution is 2.32. The van der Waals surface area contributed by atoms with Crippen LogP contribution in [0.4, 0.5) is 5.69 Å². The van der Waals surface area contributed by atoms with E-state index < -0.39 is 0 Å². The summed E-state index contributed by atoms with van der Waals surface area (Å²) in [6.07, 6.45) is 0.257. The summed E-state index contributed by atoms with van der Waals surface area (Å²) < 4.78 is 28.3. The number of ether oxygens (including phenoxy) is 5. The molecule has 4 aromatic rings. The molecule has 37 heavy (non-hydrogen) atoms. The lowest BCUT2D eigenvalue weighted by atomic mass is 9.95. The maximum absolute atomic E-state index is 13.1. The average Bonchev–Trinajstić information content (AvgIpc) is 2.93. The van der Waals surface area contributed by atoms with E-state index in [1.165, 1.54) is 5.39 Å². The Kier molecular flexibility index (Phi) is 8.48. The van der Waals surface area contributed by atoms with Gasteiger partial charge >= 0.3 is 0 Å². The third-order valence-electron chi connectivity index (χ3n) is 6.15. The van der Waals surface area contributed by atoms with E-state index in [0.29, 0.717) is 70.0 Å². The highest BCUT2D eigenvalue weighted by molar-refractivity contribution is 6.10. The molecule has 0 bridgehead atoms. The van der Waals surface area contributed by atoms with Crippen molar-refractivity contribution < 1.29 is 28.5 Å².